The molecule has 2 heteroatoms. The quantitative estimate of drug-likeness (QED) is 0.431. The van der Waals surface area contributed by atoms with Crippen LogP contribution in [0.1, 0.15) is 52.4 Å². The molecule has 2 unspecified atom stereocenters. The van der Waals surface area contributed by atoms with E-state index in [0.29, 0.717) is 12.1 Å². The van der Waals surface area contributed by atoms with Gasteiger partial charge < -0.3 is 10.1 Å². The number of rotatable bonds is 11. The second-order valence-electron chi connectivity index (χ2n) is 4.22. The van der Waals surface area contributed by atoms with Crippen molar-refractivity contribution in [2.24, 2.45) is 0 Å². The molecule has 0 amide bonds. The van der Waals surface area contributed by atoms with Gasteiger partial charge in [0.05, 0.1) is 6.10 Å². The van der Waals surface area contributed by atoms with Crippen LogP contribution in [-0.2, 0) is 4.74 Å². The SMILES string of the molecule is C=CCCCCCC(NC)C(CC)OCC. The summed E-state index contributed by atoms with van der Waals surface area (Å²) in [5.41, 5.74) is 0. The Balaban J connectivity index is 3.74. The van der Waals surface area contributed by atoms with E-state index < -0.39 is 0 Å². The molecule has 0 radical (unpaired) electrons. The number of hydrogen-bond donors (Lipinski definition) is 1. The van der Waals surface area contributed by atoms with Crippen LogP contribution in [0.3, 0.4) is 0 Å². The first-order valence-electron chi connectivity index (χ1n) is 6.69. The number of nitrogens with one attached hydrogen (secondary N) is 1. The van der Waals surface area contributed by atoms with Crippen LogP contribution in [-0.4, -0.2) is 25.8 Å². The summed E-state index contributed by atoms with van der Waals surface area (Å²) in [6.45, 7) is 8.82. The highest BCUT2D eigenvalue weighted by Gasteiger charge is 2.17. The maximum atomic E-state index is 5.74. The maximum absolute atomic E-state index is 5.74. The molecular formula is C14H29NO. The molecule has 0 saturated heterocycles. The van der Waals surface area contributed by atoms with Crippen molar-refractivity contribution in [3.05, 3.63) is 12.7 Å². The summed E-state index contributed by atoms with van der Waals surface area (Å²) in [4.78, 5) is 0. The maximum Gasteiger partial charge on any atom is 0.0725 e. The number of hydrogen-bond acceptors (Lipinski definition) is 2. The third kappa shape index (κ3) is 7.02. The first-order chi connectivity index (χ1) is 7.79. The van der Waals surface area contributed by atoms with Crippen LogP contribution in [0.5, 0.6) is 0 Å². The molecular weight excluding hydrogens is 198 g/mol. The highest BCUT2D eigenvalue weighted by Crippen LogP contribution is 2.12. The topological polar surface area (TPSA) is 21.3 Å². The smallest absolute Gasteiger partial charge is 0.0725 e. The van der Waals surface area contributed by atoms with Gasteiger partial charge in [-0.15, -0.1) is 6.58 Å². The van der Waals surface area contributed by atoms with Crippen molar-refractivity contribution in [2.75, 3.05) is 13.7 Å². The van der Waals surface area contributed by atoms with E-state index in [4.69, 9.17) is 4.74 Å². The van der Waals surface area contributed by atoms with Crippen molar-refractivity contribution in [3.63, 3.8) is 0 Å². The highest BCUT2D eigenvalue weighted by atomic mass is 16.5. The van der Waals surface area contributed by atoms with Gasteiger partial charge in [0.15, 0.2) is 0 Å². The lowest BCUT2D eigenvalue weighted by molar-refractivity contribution is 0.0310. The summed E-state index contributed by atoms with van der Waals surface area (Å²) < 4.78 is 5.74. The summed E-state index contributed by atoms with van der Waals surface area (Å²) >= 11 is 0. The molecule has 0 spiro atoms. The summed E-state index contributed by atoms with van der Waals surface area (Å²) in [7, 11) is 2.04. The number of unbranched alkanes of at least 4 members (excludes halogenated alkanes) is 3. The van der Waals surface area contributed by atoms with E-state index in [9.17, 15) is 0 Å². The van der Waals surface area contributed by atoms with Gasteiger partial charge in [-0.05, 0) is 39.7 Å². The van der Waals surface area contributed by atoms with Crippen LogP contribution in [0.25, 0.3) is 0 Å². The van der Waals surface area contributed by atoms with Crippen LogP contribution in [0.15, 0.2) is 12.7 Å². The zero-order chi connectivity index (χ0) is 12.2. The Hall–Kier alpha value is -0.340. The summed E-state index contributed by atoms with van der Waals surface area (Å²) in [5.74, 6) is 0. The van der Waals surface area contributed by atoms with Gasteiger partial charge in [0.2, 0.25) is 0 Å². The van der Waals surface area contributed by atoms with E-state index in [1.807, 2.05) is 13.1 Å². The molecule has 0 rings (SSSR count). The number of allylic oxidation sites excluding steroid dienone is 1. The standard InChI is InChI=1S/C14H29NO/c1-5-8-9-10-11-12-13(15-4)14(6-2)16-7-3/h5,13-15H,1,6-12H2,2-4H3. The zero-order valence-corrected chi connectivity index (χ0v) is 11.3. The molecule has 0 aromatic carbocycles. The Kier molecular flexibility index (Phi) is 10.9. The summed E-state index contributed by atoms with van der Waals surface area (Å²) in [5, 5.41) is 3.38. The largest absolute Gasteiger partial charge is 0.377 e. The van der Waals surface area contributed by atoms with Crippen LogP contribution >= 0.6 is 0 Å². The lowest BCUT2D eigenvalue weighted by Crippen LogP contribution is -2.39. The predicted octanol–water partition coefficient (Wildman–Crippen LogP) is 3.53. The van der Waals surface area contributed by atoms with Crippen molar-refractivity contribution in [1.29, 1.82) is 0 Å². The zero-order valence-electron chi connectivity index (χ0n) is 11.3. The fourth-order valence-electron chi connectivity index (χ4n) is 2.08. The van der Waals surface area contributed by atoms with Crippen LogP contribution in [0.4, 0.5) is 0 Å². The molecule has 0 aliphatic carbocycles. The third-order valence-electron chi connectivity index (χ3n) is 3.03. The van der Waals surface area contributed by atoms with Crippen molar-refractivity contribution in [1.82, 2.24) is 5.32 Å². The van der Waals surface area contributed by atoms with Gasteiger partial charge in [-0.2, -0.15) is 0 Å². The minimum atomic E-state index is 0.370. The van der Waals surface area contributed by atoms with Gasteiger partial charge in [0, 0.05) is 12.6 Å². The lowest BCUT2D eigenvalue weighted by Gasteiger charge is -2.25. The second kappa shape index (κ2) is 11.2. The Morgan fingerprint density at radius 1 is 1.25 bits per heavy atom. The molecule has 0 heterocycles. The van der Waals surface area contributed by atoms with E-state index in [0.717, 1.165) is 19.4 Å². The average molecular weight is 227 g/mol. The minimum Gasteiger partial charge on any atom is -0.377 e. The minimum absolute atomic E-state index is 0.370. The normalized spacial score (nSPS) is 14.7. The van der Waals surface area contributed by atoms with Crippen LogP contribution in [0.2, 0.25) is 0 Å². The van der Waals surface area contributed by atoms with E-state index in [1.54, 1.807) is 0 Å². The molecule has 2 nitrogen and oxygen atoms in total. The Morgan fingerprint density at radius 2 is 2.00 bits per heavy atom. The van der Waals surface area contributed by atoms with Gasteiger partial charge in [-0.25, -0.2) is 0 Å². The molecule has 2 atom stereocenters. The Labute approximate surface area is 101 Å². The van der Waals surface area contributed by atoms with Gasteiger partial charge in [-0.3, -0.25) is 0 Å². The first-order valence-corrected chi connectivity index (χ1v) is 6.69. The highest BCUT2D eigenvalue weighted by molar-refractivity contribution is 4.75. The fraction of sp³-hybridized carbons (Fsp3) is 0.857. The third-order valence-corrected chi connectivity index (χ3v) is 3.03. The second-order valence-corrected chi connectivity index (χ2v) is 4.22. The molecule has 1 N–H and O–H groups in total. The van der Waals surface area contributed by atoms with Crippen molar-refractivity contribution >= 4 is 0 Å². The molecule has 0 aromatic heterocycles. The van der Waals surface area contributed by atoms with E-state index in [1.165, 1.54) is 25.7 Å². The summed E-state index contributed by atoms with van der Waals surface area (Å²) in [6.07, 6.45) is 9.67. The van der Waals surface area contributed by atoms with E-state index in [2.05, 4.69) is 25.7 Å². The molecule has 0 aromatic rings. The van der Waals surface area contributed by atoms with Gasteiger partial charge in [-0.1, -0.05) is 25.8 Å². The van der Waals surface area contributed by atoms with Crippen LogP contribution in [0, 0.1) is 0 Å². The fourth-order valence-corrected chi connectivity index (χ4v) is 2.08. The molecule has 0 fully saturated rings. The van der Waals surface area contributed by atoms with Crippen molar-refractivity contribution in [3.8, 4) is 0 Å². The summed E-state index contributed by atoms with van der Waals surface area (Å²) in [6, 6.07) is 0.508. The molecule has 0 saturated carbocycles. The predicted molar refractivity (Wildman–Crippen MR) is 71.8 cm³/mol. The van der Waals surface area contributed by atoms with E-state index >= 15 is 0 Å². The van der Waals surface area contributed by atoms with Gasteiger partial charge >= 0.3 is 0 Å². The first kappa shape index (κ1) is 15.7. The molecule has 0 aliphatic heterocycles. The van der Waals surface area contributed by atoms with Crippen molar-refractivity contribution in [2.45, 2.75) is 64.5 Å². The molecule has 0 bridgehead atoms. The molecule has 0 aliphatic rings. The van der Waals surface area contributed by atoms with Crippen LogP contribution < -0.4 is 5.32 Å². The van der Waals surface area contributed by atoms with Gasteiger partial charge in [0.25, 0.3) is 0 Å². The van der Waals surface area contributed by atoms with E-state index in [-0.39, 0.29) is 0 Å². The molecule has 96 valence electrons. The van der Waals surface area contributed by atoms with Crippen molar-refractivity contribution < 1.29 is 4.74 Å². The molecule has 16 heavy (non-hydrogen) atoms. The Morgan fingerprint density at radius 3 is 2.50 bits per heavy atom. The monoisotopic (exact) mass is 227 g/mol. The lowest BCUT2D eigenvalue weighted by atomic mass is 10.0. The number of ether oxygens (including phenoxy) is 1. The van der Waals surface area contributed by atoms with Gasteiger partial charge in [0.1, 0.15) is 0 Å². The Bertz CT molecular complexity index is 159. The average Bonchev–Trinajstić information content (AvgIpc) is 2.31. The number of likely N-dealkylation sites (N-methyl/N-ethyl adjacent to an activating group) is 1.